The van der Waals surface area contributed by atoms with Crippen LogP contribution in [0.1, 0.15) is 49.4 Å². The molecule has 1 aromatic carbocycles. The SMILES string of the molecule is CCc1c(-c2ccnc(C)c2)[nH]c2ccc(CNC(=O)CCC3CCNCC3)cc12. The molecule has 5 heteroatoms. The predicted molar refractivity (Wildman–Crippen MR) is 122 cm³/mol. The molecule has 0 bridgehead atoms. The summed E-state index contributed by atoms with van der Waals surface area (Å²) in [6, 6.07) is 10.6. The average molecular weight is 405 g/mol. The van der Waals surface area contributed by atoms with Crippen LogP contribution in [0.15, 0.2) is 36.5 Å². The van der Waals surface area contributed by atoms with Crippen LogP contribution in [-0.4, -0.2) is 29.0 Å². The van der Waals surface area contributed by atoms with Crippen molar-refractivity contribution in [1.29, 1.82) is 0 Å². The lowest BCUT2D eigenvalue weighted by Crippen LogP contribution is -2.29. The van der Waals surface area contributed by atoms with Crippen LogP contribution in [0.5, 0.6) is 0 Å². The number of aromatic nitrogens is 2. The molecule has 3 heterocycles. The zero-order valence-electron chi connectivity index (χ0n) is 18.1. The fourth-order valence-electron chi connectivity index (χ4n) is 4.51. The summed E-state index contributed by atoms with van der Waals surface area (Å²) in [5.74, 6) is 0.849. The number of carbonyl (C=O) groups excluding carboxylic acids is 1. The van der Waals surface area contributed by atoms with Gasteiger partial charge in [-0.15, -0.1) is 0 Å². The zero-order valence-corrected chi connectivity index (χ0v) is 18.1. The Morgan fingerprint density at radius 2 is 2.03 bits per heavy atom. The number of fused-ring (bicyclic) bond motifs is 1. The largest absolute Gasteiger partial charge is 0.354 e. The molecule has 3 aromatic rings. The van der Waals surface area contributed by atoms with Crippen molar-refractivity contribution >= 4 is 16.8 Å². The number of rotatable bonds is 7. The minimum atomic E-state index is 0.159. The van der Waals surface area contributed by atoms with Gasteiger partial charge in [0.05, 0.1) is 0 Å². The molecule has 0 atom stereocenters. The Morgan fingerprint density at radius 3 is 2.80 bits per heavy atom. The zero-order chi connectivity index (χ0) is 20.9. The number of nitrogens with zero attached hydrogens (tertiary/aromatic N) is 1. The Morgan fingerprint density at radius 1 is 1.20 bits per heavy atom. The van der Waals surface area contributed by atoms with Crippen LogP contribution in [0.4, 0.5) is 0 Å². The van der Waals surface area contributed by atoms with Gasteiger partial charge in [0.15, 0.2) is 0 Å². The monoisotopic (exact) mass is 404 g/mol. The van der Waals surface area contributed by atoms with E-state index in [1.54, 1.807) is 0 Å². The van der Waals surface area contributed by atoms with E-state index < -0.39 is 0 Å². The quantitative estimate of drug-likeness (QED) is 0.543. The van der Waals surface area contributed by atoms with E-state index in [0.29, 0.717) is 18.9 Å². The van der Waals surface area contributed by atoms with Gasteiger partial charge in [-0.1, -0.05) is 13.0 Å². The average Bonchev–Trinajstić information content (AvgIpc) is 3.15. The number of H-pyrrole nitrogens is 1. The van der Waals surface area contributed by atoms with E-state index in [1.165, 1.54) is 35.0 Å². The normalized spacial score (nSPS) is 14.9. The van der Waals surface area contributed by atoms with E-state index in [0.717, 1.165) is 42.7 Å². The molecular weight excluding hydrogens is 372 g/mol. The van der Waals surface area contributed by atoms with Crippen molar-refractivity contribution in [2.24, 2.45) is 5.92 Å². The molecule has 0 radical (unpaired) electrons. The van der Waals surface area contributed by atoms with Crippen molar-refractivity contribution < 1.29 is 4.79 Å². The van der Waals surface area contributed by atoms with E-state index >= 15 is 0 Å². The van der Waals surface area contributed by atoms with Crippen LogP contribution in [0.2, 0.25) is 0 Å². The minimum Gasteiger partial charge on any atom is -0.354 e. The summed E-state index contributed by atoms with van der Waals surface area (Å²) in [5.41, 5.74) is 6.95. The van der Waals surface area contributed by atoms with Gasteiger partial charge in [0.1, 0.15) is 0 Å². The number of amides is 1. The highest BCUT2D eigenvalue weighted by Crippen LogP contribution is 2.31. The highest BCUT2D eigenvalue weighted by molar-refractivity contribution is 5.91. The molecule has 0 spiro atoms. The Kier molecular flexibility index (Phi) is 6.48. The van der Waals surface area contributed by atoms with Crippen LogP contribution >= 0.6 is 0 Å². The summed E-state index contributed by atoms with van der Waals surface area (Å²) in [5, 5.41) is 7.73. The molecule has 1 fully saturated rings. The molecule has 3 N–H and O–H groups in total. The number of piperidine rings is 1. The molecular formula is C25H32N4O. The second-order valence-corrected chi connectivity index (χ2v) is 8.41. The Hall–Kier alpha value is -2.66. The summed E-state index contributed by atoms with van der Waals surface area (Å²) in [4.78, 5) is 20.2. The standard InChI is InChI=1S/C25H32N4O/c1-3-21-22-15-19(16-28-24(30)7-5-18-8-11-26-12-9-18)4-6-23(22)29-25(21)20-10-13-27-17(2)14-20/h4,6,10,13-15,18,26,29H,3,5,7-9,11-12,16H2,1-2H3,(H,28,30). The van der Waals surface area contributed by atoms with Crippen molar-refractivity contribution in [2.75, 3.05) is 13.1 Å². The maximum atomic E-state index is 12.3. The molecule has 0 saturated carbocycles. The molecule has 2 aromatic heterocycles. The molecule has 0 aliphatic carbocycles. The molecule has 5 nitrogen and oxygen atoms in total. The Labute approximate surface area is 178 Å². The highest BCUT2D eigenvalue weighted by atomic mass is 16.1. The second kappa shape index (κ2) is 9.43. The number of aryl methyl sites for hydroxylation is 2. The number of benzene rings is 1. The third kappa shape index (κ3) is 4.73. The number of nitrogens with one attached hydrogen (secondary N) is 3. The van der Waals surface area contributed by atoms with Gasteiger partial charge < -0.3 is 15.6 Å². The van der Waals surface area contributed by atoms with Gasteiger partial charge in [-0.05, 0) is 87.0 Å². The summed E-state index contributed by atoms with van der Waals surface area (Å²) in [7, 11) is 0. The van der Waals surface area contributed by atoms with E-state index in [-0.39, 0.29) is 5.91 Å². The minimum absolute atomic E-state index is 0.159. The van der Waals surface area contributed by atoms with Crippen molar-refractivity contribution in [3.63, 3.8) is 0 Å². The molecule has 158 valence electrons. The van der Waals surface area contributed by atoms with Crippen molar-refractivity contribution in [1.82, 2.24) is 20.6 Å². The number of carbonyl (C=O) groups is 1. The van der Waals surface area contributed by atoms with Crippen molar-refractivity contribution in [3.05, 3.63) is 53.3 Å². The van der Waals surface area contributed by atoms with Crippen molar-refractivity contribution in [3.8, 4) is 11.3 Å². The molecule has 4 rings (SSSR count). The lowest BCUT2D eigenvalue weighted by molar-refractivity contribution is -0.121. The maximum Gasteiger partial charge on any atom is 0.220 e. The molecule has 1 saturated heterocycles. The molecule has 1 amide bonds. The van der Waals surface area contributed by atoms with Gasteiger partial charge in [0.25, 0.3) is 0 Å². The molecule has 30 heavy (non-hydrogen) atoms. The van der Waals surface area contributed by atoms with Crippen LogP contribution in [-0.2, 0) is 17.8 Å². The van der Waals surface area contributed by atoms with Crippen LogP contribution in [0.25, 0.3) is 22.2 Å². The highest BCUT2D eigenvalue weighted by Gasteiger charge is 2.15. The van der Waals surface area contributed by atoms with Crippen LogP contribution in [0.3, 0.4) is 0 Å². The van der Waals surface area contributed by atoms with Gasteiger partial charge in [0.2, 0.25) is 5.91 Å². The number of hydrogen-bond acceptors (Lipinski definition) is 3. The van der Waals surface area contributed by atoms with Gasteiger partial charge in [0, 0.05) is 47.0 Å². The fourth-order valence-corrected chi connectivity index (χ4v) is 4.51. The summed E-state index contributed by atoms with van der Waals surface area (Å²) in [6.45, 7) is 6.96. The van der Waals surface area contributed by atoms with E-state index in [2.05, 4.69) is 57.9 Å². The molecule has 1 aliphatic rings. The van der Waals surface area contributed by atoms with Crippen LogP contribution < -0.4 is 10.6 Å². The lowest BCUT2D eigenvalue weighted by Gasteiger charge is -2.22. The molecule has 1 aliphatic heterocycles. The number of aromatic amines is 1. The predicted octanol–water partition coefficient (Wildman–Crippen LogP) is 4.50. The van der Waals surface area contributed by atoms with Gasteiger partial charge >= 0.3 is 0 Å². The number of hydrogen-bond donors (Lipinski definition) is 3. The Bertz CT molecular complexity index is 1020. The van der Waals surface area contributed by atoms with E-state index in [9.17, 15) is 4.79 Å². The second-order valence-electron chi connectivity index (χ2n) is 8.41. The summed E-state index contributed by atoms with van der Waals surface area (Å²) in [6.07, 6.45) is 6.82. The first kappa shape index (κ1) is 20.6. The first-order valence-electron chi connectivity index (χ1n) is 11.2. The Balaban J connectivity index is 1.44. The van der Waals surface area contributed by atoms with E-state index in [1.807, 2.05) is 13.1 Å². The molecule has 0 unspecified atom stereocenters. The topological polar surface area (TPSA) is 69.8 Å². The summed E-state index contributed by atoms with van der Waals surface area (Å²) < 4.78 is 0. The number of pyridine rings is 1. The maximum absolute atomic E-state index is 12.3. The smallest absolute Gasteiger partial charge is 0.220 e. The van der Waals surface area contributed by atoms with E-state index in [4.69, 9.17) is 0 Å². The van der Waals surface area contributed by atoms with Gasteiger partial charge in [-0.25, -0.2) is 0 Å². The first-order chi connectivity index (χ1) is 14.6. The van der Waals surface area contributed by atoms with Crippen LogP contribution in [0, 0.1) is 12.8 Å². The van der Waals surface area contributed by atoms with Gasteiger partial charge in [-0.2, -0.15) is 0 Å². The van der Waals surface area contributed by atoms with Gasteiger partial charge in [-0.3, -0.25) is 9.78 Å². The fraction of sp³-hybridized carbons (Fsp3) is 0.440. The third-order valence-corrected chi connectivity index (χ3v) is 6.24. The third-order valence-electron chi connectivity index (χ3n) is 6.24. The van der Waals surface area contributed by atoms with Crippen molar-refractivity contribution in [2.45, 2.75) is 52.5 Å². The lowest BCUT2D eigenvalue weighted by atomic mass is 9.93. The first-order valence-corrected chi connectivity index (χ1v) is 11.2. The summed E-state index contributed by atoms with van der Waals surface area (Å²) >= 11 is 0.